The number of oxazole rings is 1. The normalized spacial score (nSPS) is 12.1. The van der Waals surface area contributed by atoms with E-state index in [4.69, 9.17) is 8.97 Å². The van der Waals surface area contributed by atoms with E-state index in [1.807, 2.05) is 0 Å². The van der Waals surface area contributed by atoms with Crippen molar-refractivity contribution < 1.29 is 17.4 Å². The topological polar surface area (TPSA) is 80.4 Å². The number of hydrogen-bond acceptors (Lipinski definition) is 4. The van der Waals surface area contributed by atoms with E-state index in [1.165, 1.54) is 0 Å². The molecule has 14 heavy (non-hydrogen) atoms. The first-order chi connectivity index (χ1) is 6.54. The SMILES string of the molecule is O=S(=O)(O)Cc1nc2ccccc2o1. The maximum absolute atomic E-state index is 10.5. The predicted octanol–water partition coefficient (Wildman–Crippen LogP) is 1.22. The van der Waals surface area contributed by atoms with Gasteiger partial charge < -0.3 is 4.42 Å². The van der Waals surface area contributed by atoms with Gasteiger partial charge in [-0.3, -0.25) is 4.55 Å². The fourth-order valence-corrected chi connectivity index (χ4v) is 1.57. The quantitative estimate of drug-likeness (QED) is 0.758. The molecular weight excluding hydrogens is 206 g/mol. The van der Waals surface area contributed by atoms with Crippen molar-refractivity contribution in [3.8, 4) is 0 Å². The van der Waals surface area contributed by atoms with Crippen molar-refractivity contribution in [2.24, 2.45) is 0 Å². The molecule has 0 aliphatic rings. The highest BCUT2D eigenvalue weighted by atomic mass is 32.2. The lowest BCUT2D eigenvalue weighted by Gasteiger charge is -1.88. The van der Waals surface area contributed by atoms with Crippen LogP contribution in [0.5, 0.6) is 0 Å². The van der Waals surface area contributed by atoms with Gasteiger partial charge >= 0.3 is 0 Å². The minimum atomic E-state index is -4.08. The first-order valence-electron chi connectivity index (χ1n) is 3.84. The zero-order valence-corrected chi connectivity index (χ0v) is 7.86. The van der Waals surface area contributed by atoms with Crippen LogP contribution in [0.1, 0.15) is 5.89 Å². The Morgan fingerprint density at radius 1 is 1.36 bits per heavy atom. The van der Waals surface area contributed by atoms with Gasteiger partial charge in [0.1, 0.15) is 5.52 Å². The Bertz CT molecular complexity index is 524. The van der Waals surface area contributed by atoms with Crippen molar-refractivity contribution >= 4 is 21.2 Å². The van der Waals surface area contributed by atoms with Gasteiger partial charge in [-0.1, -0.05) is 12.1 Å². The van der Waals surface area contributed by atoms with E-state index in [-0.39, 0.29) is 5.89 Å². The third-order valence-electron chi connectivity index (χ3n) is 1.64. The molecule has 0 spiro atoms. The zero-order chi connectivity index (χ0) is 10.2. The lowest BCUT2D eigenvalue weighted by atomic mass is 10.3. The fraction of sp³-hybridized carbons (Fsp3) is 0.125. The smallest absolute Gasteiger partial charge is 0.273 e. The number of benzene rings is 1. The Morgan fingerprint density at radius 2 is 2.07 bits per heavy atom. The van der Waals surface area contributed by atoms with E-state index in [0.29, 0.717) is 11.1 Å². The summed E-state index contributed by atoms with van der Waals surface area (Å²) in [6, 6.07) is 6.90. The van der Waals surface area contributed by atoms with E-state index >= 15 is 0 Å². The molecule has 0 atom stereocenters. The Morgan fingerprint density at radius 3 is 2.71 bits per heavy atom. The second-order valence-corrected chi connectivity index (χ2v) is 4.25. The van der Waals surface area contributed by atoms with E-state index in [0.717, 1.165) is 0 Å². The van der Waals surface area contributed by atoms with Crippen LogP contribution in [-0.2, 0) is 15.9 Å². The van der Waals surface area contributed by atoms with Crippen LogP contribution >= 0.6 is 0 Å². The molecule has 74 valence electrons. The summed E-state index contributed by atoms with van der Waals surface area (Å²) in [5.41, 5.74) is 1.08. The number of aromatic nitrogens is 1. The van der Waals surface area contributed by atoms with Crippen molar-refractivity contribution in [2.45, 2.75) is 5.75 Å². The molecule has 0 bridgehead atoms. The molecule has 2 aromatic rings. The average Bonchev–Trinajstić information content (AvgIpc) is 2.42. The van der Waals surface area contributed by atoms with Crippen LogP contribution in [0.15, 0.2) is 28.7 Å². The lowest BCUT2D eigenvalue weighted by Crippen LogP contribution is -2.01. The van der Waals surface area contributed by atoms with Gasteiger partial charge in [-0.2, -0.15) is 8.42 Å². The summed E-state index contributed by atoms with van der Waals surface area (Å²) in [5, 5.41) is 0. The standard InChI is InChI=1S/C8H7NO4S/c10-14(11,12)5-8-9-6-3-1-2-4-7(6)13-8/h1-4H,5H2,(H,10,11,12). The van der Waals surface area contributed by atoms with E-state index in [9.17, 15) is 8.42 Å². The fourth-order valence-electron chi connectivity index (χ4n) is 1.14. The van der Waals surface area contributed by atoms with E-state index in [1.54, 1.807) is 24.3 Å². The highest BCUT2D eigenvalue weighted by Gasteiger charge is 2.12. The zero-order valence-electron chi connectivity index (χ0n) is 7.04. The first kappa shape index (κ1) is 9.17. The maximum atomic E-state index is 10.5. The van der Waals surface area contributed by atoms with Crippen LogP contribution in [-0.4, -0.2) is 18.0 Å². The maximum Gasteiger partial charge on any atom is 0.273 e. The van der Waals surface area contributed by atoms with Gasteiger partial charge in [-0.25, -0.2) is 4.98 Å². The highest BCUT2D eigenvalue weighted by molar-refractivity contribution is 7.84. The van der Waals surface area contributed by atoms with Crippen molar-refractivity contribution in [1.82, 2.24) is 4.98 Å². The minimum absolute atomic E-state index is 0.00583. The number of rotatable bonds is 2. The molecular formula is C8H7NO4S. The molecule has 0 saturated heterocycles. The molecule has 0 saturated carbocycles. The molecule has 2 rings (SSSR count). The van der Waals surface area contributed by atoms with Gasteiger partial charge in [-0.15, -0.1) is 0 Å². The Hall–Kier alpha value is -1.40. The molecule has 1 heterocycles. The molecule has 1 aromatic heterocycles. The van der Waals surface area contributed by atoms with Crippen molar-refractivity contribution in [3.05, 3.63) is 30.2 Å². The third-order valence-corrected chi connectivity index (χ3v) is 2.26. The van der Waals surface area contributed by atoms with Crippen molar-refractivity contribution in [3.63, 3.8) is 0 Å². The summed E-state index contributed by atoms with van der Waals surface area (Å²) in [6.45, 7) is 0. The van der Waals surface area contributed by atoms with Crippen LogP contribution in [0.2, 0.25) is 0 Å². The molecule has 0 aliphatic heterocycles. The third kappa shape index (κ3) is 1.91. The summed E-state index contributed by atoms with van der Waals surface area (Å²) in [7, 11) is -4.08. The van der Waals surface area contributed by atoms with Gasteiger partial charge in [0, 0.05) is 0 Å². The Balaban J connectivity index is 2.46. The summed E-state index contributed by atoms with van der Waals surface area (Å²) in [6.07, 6.45) is 0. The Kier molecular flexibility index (Phi) is 2.01. The Labute approximate surface area is 80.1 Å². The molecule has 0 fully saturated rings. The van der Waals surface area contributed by atoms with Gasteiger partial charge in [0.15, 0.2) is 11.3 Å². The molecule has 6 heteroatoms. The highest BCUT2D eigenvalue weighted by Crippen LogP contribution is 2.15. The monoisotopic (exact) mass is 213 g/mol. The summed E-state index contributed by atoms with van der Waals surface area (Å²) in [5.74, 6) is -0.601. The van der Waals surface area contributed by atoms with Crippen LogP contribution in [0.25, 0.3) is 11.1 Å². The first-order valence-corrected chi connectivity index (χ1v) is 5.45. The number of fused-ring (bicyclic) bond motifs is 1. The second-order valence-electron chi connectivity index (χ2n) is 2.80. The van der Waals surface area contributed by atoms with Crippen LogP contribution in [0, 0.1) is 0 Å². The molecule has 1 aromatic carbocycles. The molecule has 0 amide bonds. The average molecular weight is 213 g/mol. The number of para-hydroxylation sites is 2. The molecule has 0 unspecified atom stereocenters. The van der Waals surface area contributed by atoms with Crippen LogP contribution < -0.4 is 0 Å². The number of nitrogens with zero attached hydrogens (tertiary/aromatic N) is 1. The van der Waals surface area contributed by atoms with Crippen molar-refractivity contribution in [1.29, 1.82) is 0 Å². The van der Waals surface area contributed by atoms with Crippen LogP contribution in [0.3, 0.4) is 0 Å². The van der Waals surface area contributed by atoms with Crippen molar-refractivity contribution in [2.75, 3.05) is 0 Å². The van der Waals surface area contributed by atoms with Gasteiger partial charge in [0.2, 0.25) is 5.89 Å². The molecule has 1 N–H and O–H groups in total. The van der Waals surface area contributed by atoms with Gasteiger partial charge in [-0.05, 0) is 12.1 Å². The summed E-state index contributed by atoms with van der Waals surface area (Å²) >= 11 is 0. The molecule has 0 radical (unpaired) electrons. The van der Waals surface area contributed by atoms with Gasteiger partial charge in [0.25, 0.3) is 10.1 Å². The number of hydrogen-bond donors (Lipinski definition) is 1. The van der Waals surface area contributed by atoms with E-state index in [2.05, 4.69) is 4.98 Å². The second kappa shape index (κ2) is 3.07. The predicted molar refractivity (Wildman–Crippen MR) is 49.3 cm³/mol. The van der Waals surface area contributed by atoms with Crippen LogP contribution in [0.4, 0.5) is 0 Å². The summed E-state index contributed by atoms with van der Waals surface area (Å²) in [4.78, 5) is 3.89. The molecule has 0 aliphatic carbocycles. The summed E-state index contributed by atoms with van der Waals surface area (Å²) < 4.78 is 34.7. The lowest BCUT2D eigenvalue weighted by molar-refractivity contribution is 0.469. The molecule has 5 nitrogen and oxygen atoms in total. The largest absolute Gasteiger partial charge is 0.439 e. The van der Waals surface area contributed by atoms with E-state index < -0.39 is 15.9 Å². The minimum Gasteiger partial charge on any atom is -0.439 e. The van der Waals surface area contributed by atoms with Gasteiger partial charge in [0.05, 0.1) is 0 Å².